The SMILES string of the molecule is COC(=O)c1ccc(CSCc2ccccc2Cl)c(Br)c1. The topological polar surface area (TPSA) is 26.3 Å². The second-order valence-corrected chi connectivity index (χ2v) is 6.63. The zero-order valence-electron chi connectivity index (χ0n) is 11.4. The first-order valence-corrected chi connectivity index (χ1v) is 8.62. The monoisotopic (exact) mass is 384 g/mol. The maximum absolute atomic E-state index is 11.5. The molecule has 0 saturated heterocycles. The van der Waals surface area contributed by atoms with E-state index in [0.29, 0.717) is 5.56 Å². The van der Waals surface area contributed by atoms with Crippen LogP contribution in [0.15, 0.2) is 46.9 Å². The van der Waals surface area contributed by atoms with E-state index < -0.39 is 0 Å². The molecule has 0 aliphatic rings. The van der Waals surface area contributed by atoms with Gasteiger partial charge in [0.05, 0.1) is 12.7 Å². The summed E-state index contributed by atoms with van der Waals surface area (Å²) in [5.74, 6) is 1.36. The molecule has 0 radical (unpaired) electrons. The third-order valence-corrected chi connectivity index (χ3v) is 5.08. The summed E-state index contributed by atoms with van der Waals surface area (Å²) >= 11 is 11.4. The fourth-order valence-corrected chi connectivity index (χ4v) is 3.83. The van der Waals surface area contributed by atoms with Gasteiger partial charge in [-0.2, -0.15) is 11.8 Å². The maximum Gasteiger partial charge on any atom is 0.337 e. The van der Waals surface area contributed by atoms with Gasteiger partial charge in [0.1, 0.15) is 0 Å². The van der Waals surface area contributed by atoms with Gasteiger partial charge in [0.15, 0.2) is 0 Å². The molecule has 2 rings (SSSR count). The Labute approximate surface area is 142 Å². The maximum atomic E-state index is 11.5. The minimum absolute atomic E-state index is 0.328. The molecule has 0 heterocycles. The Balaban J connectivity index is 1.98. The average molecular weight is 386 g/mol. The number of ether oxygens (including phenoxy) is 1. The van der Waals surface area contributed by atoms with Crippen molar-refractivity contribution in [2.45, 2.75) is 11.5 Å². The molecule has 5 heteroatoms. The molecule has 2 aromatic carbocycles. The molecule has 110 valence electrons. The summed E-state index contributed by atoms with van der Waals surface area (Å²) in [4.78, 5) is 11.5. The molecular weight excluding hydrogens is 372 g/mol. The molecule has 0 aliphatic heterocycles. The number of carbonyl (C=O) groups is 1. The number of halogens is 2. The van der Waals surface area contributed by atoms with Crippen molar-refractivity contribution < 1.29 is 9.53 Å². The zero-order chi connectivity index (χ0) is 15.2. The van der Waals surface area contributed by atoms with Gasteiger partial charge >= 0.3 is 5.97 Å². The molecule has 0 aliphatic carbocycles. The minimum Gasteiger partial charge on any atom is -0.465 e. The van der Waals surface area contributed by atoms with Gasteiger partial charge in [-0.1, -0.05) is 51.8 Å². The van der Waals surface area contributed by atoms with Crippen LogP contribution in [0.3, 0.4) is 0 Å². The lowest BCUT2D eigenvalue weighted by atomic mass is 10.1. The van der Waals surface area contributed by atoms with Gasteiger partial charge in [-0.05, 0) is 29.3 Å². The Hall–Kier alpha value is -0.970. The number of carbonyl (C=O) groups excluding carboxylic acids is 1. The second-order valence-electron chi connectivity index (χ2n) is 4.38. The van der Waals surface area contributed by atoms with Crippen LogP contribution in [0.1, 0.15) is 21.5 Å². The molecule has 0 saturated carbocycles. The van der Waals surface area contributed by atoms with Gasteiger partial charge in [0.2, 0.25) is 0 Å². The van der Waals surface area contributed by atoms with E-state index in [9.17, 15) is 4.79 Å². The Morgan fingerprint density at radius 1 is 1.19 bits per heavy atom. The van der Waals surface area contributed by atoms with Gasteiger partial charge in [-0.3, -0.25) is 0 Å². The van der Waals surface area contributed by atoms with Crippen LogP contribution in [-0.4, -0.2) is 13.1 Å². The van der Waals surface area contributed by atoms with E-state index in [1.165, 1.54) is 7.11 Å². The summed E-state index contributed by atoms with van der Waals surface area (Å²) in [6, 6.07) is 13.4. The second kappa shape index (κ2) is 7.87. The van der Waals surface area contributed by atoms with Crippen LogP contribution in [0.25, 0.3) is 0 Å². The summed E-state index contributed by atoms with van der Waals surface area (Å²) < 4.78 is 5.62. The summed E-state index contributed by atoms with van der Waals surface area (Å²) in [5.41, 5.74) is 2.82. The smallest absolute Gasteiger partial charge is 0.337 e. The molecule has 0 atom stereocenters. The normalized spacial score (nSPS) is 10.4. The van der Waals surface area contributed by atoms with Crippen molar-refractivity contribution in [3.8, 4) is 0 Å². The van der Waals surface area contributed by atoms with Gasteiger partial charge in [-0.15, -0.1) is 0 Å². The van der Waals surface area contributed by atoms with Crippen molar-refractivity contribution in [1.29, 1.82) is 0 Å². The van der Waals surface area contributed by atoms with Crippen LogP contribution in [0.4, 0.5) is 0 Å². The number of benzene rings is 2. The Morgan fingerprint density at radius 3 is 2.57 bits per heavy atom. The number of methoxy groups -OCH3 is 1. The first-order valence-electron chi connectivity index (χ1n) is 6.29. The highest BCUT2D eigenvalue weighted by atomic mass is 79.9. The molecule has 0 spiro atoms. The highest BCUT2D eigenvalue weighted by molar-refractivity contribution is 9.10. The number of hydrogen-bond acceptors (Lipinski definition) is 3. The summed E-state index contributed by atoms with van der Waals surface area (Å²) in [6.45, 7) is 0. The van der Waals surface area contributed by atoms with Gasteiger partial charge < -0.3 is 4.74 Å². The van der Waals surface area contributed by atoms with Crippen molar-refractivity contribution in [3.05, 3.63) is 68.7 Å². The zero-order valence-corrected chi connectivity index (χ0v) is 14.6. The van der Waals surface area contributed by atoms with Crippen molar-refractivity contribution in [1.82, 2.24) is 0 Å². The first-order chi connectivity index (χ1) is 10.1. The average Bonchev–Trinajstić information content (AvgIpc) is 2.50. The van der Waals surface area contributed by atoms with Crippen molar-refractivity contribution in [2.24, 2.45) is 0 Å². The van der Waals surface area contributed by atoms with E-state index >= 15 is 0 Å². The van der Waals surface area contributed by atoms with E-state index in [2.05, 4.69) is 15.9 Å². The van der Waals surface area contributed by atoms with Crippen LogP contribution >= 0.6 is 39.3 Å². The summed E-state index contributed by atoms with van der Waals surface area (Å²) in [7, 11) is 1.38. The lowest BCUT2D eigenvalue weighted by molar-refractivity contribution is 0.0600. The molecule has 0 unspecified atom stereocenters. The fraction of sp³-hybridized carbons (Fsp3) is 0.188. The third kappa shape index (κ3) is 4.50. The lowest BCUT2D eigenvalue weighted by Crippen LogP contribution is -2.01. The van der Waals surface area contributed by atoms with Gasteiger partial charge in [0, 0.05) is 21.0 Å². The Bertz CT molecular complexity index is 646. The summed E-state index contributed by atoms with van der Waals surface area (Å²) in [6.07, 6.45) is 0. The lowest BCUT2D eigenvalue weighted by Gasteiger charge is -2.07. The largest absolute Gasteiger partial charge is 0.465 e. The quantitative estimate of drug-likeness (QED) is 0.651. The molecule has 0 bridgehead atoms. The van der Waals surface area contributed by atoms with Crippen LogP contribution in [0, 0.1) is 0 Å². The van der Waals surface area contributed by atoms with Crippen molar-refractivity contribution in [3.63, 3.8) is 0 Å². The third-order valence-electron chi connectivity index (χ3n) is 2.95. The molecule has 0 amide bonds. The van der Waals surface area contributed by atoms with Crippen molar-refractivity contribution in [2.75, 3.05) is 7.11 Å². The van der Waals surface area contributed by atoms with E-state index in [0.717, 1.165) is 32.1 Å². The summed E-state index contributed by atoms with van der Waals surface area (Å²) in [5, 5.41) is 0.796. The molecule has 2 aromatic rings. The Kier molecular flexibility index (Phi) is 6.15. The predicted octanol–water partition coefficient (Wildman–Crippen LogP) is 5.32. The van der Waals surface area contributed by atoms with Crippen LogP contribution in [0.2, 0.25) is 5.02 Å². The van der Waals surface area contributed by atoms with E-state index in [1.54, 1.807) is 23.9 Å². The van der Waals surface area contributed by atoms with E-state index in [-0.39, 0.29) is 5.97 Å². The van der Waals surface area contributed by atoms with Crippen LogP contribution < -0.4 is 0 Å². The first kappa shape index (κ1) is 16.4. The highest BCUT2D eigenvalue weighted by Crippen LogP contribution is 2.27. The molecule has 0 aromatic heterocycles. The standard InChI is InChI=1S/C16H14BrClO2S/c1-20-16(19)11-6-7-12(14(17)8-11)9-21-10-13-4-2-3-5-15(13)18/h2-8H,9-10H2,1H3. The van der Waals surface area contributed by atoms with E-state index in [1.807, 2.05) is 30.3 Å². The number of rotatable bonds is 5. The molecular formula is C16H14BrClO2S. The fourth-order valence-electron chi connectivity index (χ4n) is 1.80. The van der Waals surface area contributed by atoms with Gasteiger partial charge in [-0.25, -0.2) is 4.79 Å². The molecule has 2 nitrogen and oxygen atoms in total. The highest BCUT2D eigenvalue weighted by Gasteiger charge is 2.08. The van der Waals surface area contributed by atoms with Crippen LogP contribution in [0.5, 0.6) is 0 Å². The van der Waals surface area contributed by atoms with Crippen molar-refractivity contribution >= 4 is 45.3 Å². The number of hydrogen-bond donors (Lipinski definition) is 0. The molecule has 21 heavy (non-hydrogen) atoms. The Morgan fingerprint density at radius 2 is 1.90 bits per heavy atom. The number of esters is 1. The van der Waals surface area contributed by atoms with Crippen LogP contribution in [-0.2, 0) is 16.2 Å². The minimum atomic E-state index is -0.328. The molecule has 0 fully saturated rings. The van der Waals surface area contributed by atoms with Gasteiger partial charge in [0.25, 0.3) is 0 Å². The molecule has 0 N–H and O–H groups in total. The predicted molar refractivity (Wildman–Crippen MR) is 91.9 cm³/mol. The number of thioether (sulfide) groups is 1. The van der Waals surface area contributed by atoms with E-state index in [4.69, 9.17) is 16.3 Å².